The summed E-state index contributed by atoms with van der Waals surface area (Å²) in [6.45, 7) is 0. The third-order valence-electron chi connectivity index (χ3n) is 2.37. The predicted octanol–water partition coefficient (Wildman–Crippen LogP) is 3.33. The molecule has 18 heavy (non-hydrogen) atoms. The van der Waals surface area contributed by atoms with Gasteiger partial charge in [-0.3, -0.25) is 4.79 Å². The van der Waals surface area contributed by atoms with Crippen molar-refractivity contribution in [2.24, 2.45) is 0 Å². The molecule has 0 aliphatic heterocycles. The fourth-order valence-corrected chi connectivity index (χ4v) is 1.77. The van der Waals surface area contributed by atoms with E-state index in [-0.39, 0.29) is 11.7 Å². The number of aromatic hydroxyl groups is 1. The Morgan fingerprint density at radius 3 is 2.50 bits per heavy atom. The summed E-state index contributed by atoms with van der Waals surface area (Å²) in [5.74, 6) is 0.0695. The van der Waals surface area contributed by atoms with Gasteiger partial charge in [-0.25, -0.2) is 0 Å². The van der Waals surface area contributed by atoms with Crippen molar-refractivity contribution in [2.75, 3.05) is 5.32 Å². The van der Waals surface area contributed by atoms with E-state index in [1.165, 1.54) is 6.07 Å². The number of nitrogens with one attached hydrogen (secondary N) is 1. The summed E-state index contributed by atoms with van der Waals surface area (Å²) in [7, 11) is 0. The van der Waals surface area contributed by atoms with Crippen LogP contribution in [0.15, 0.2) is 48.5 Å². The highest BCUT2D eigenvalue weighted by atomic mass is 79.9. The van der Waals surface area contributed by atoms with Crippen LogP contribution < -0.4 is 9.15 Å². The quantitative estimate of drug-likeness (QED) is 0.855. The summed E-state index contributed by atoms with van der Waals surface area (Å²) >= 11 is 2.85. The first-order valence-electron chi connectivity index (χ1n) is 5.19. The number of benzene rings is 2. The third kappa shape index (κ3) is 2.62. The number of para-hydroxylation sites is 3. The number of anilines is 1. The monoisotopic (exact) mass is 307 g/mol. The van der Waals surface area contributed by atoms with Gasteiger partial charge in [0.2, 0.25) is 0 Å². The Morgan fingerprint density at radius 1 is 1.11 bits per heavy atom. The molecule has 2 aromatic rings. The summed E-state index contributed by atoms with van der Waals surface area (Å²) in [6.07, 6.45) is 0. The van der Waals surface area contributed by atoms with Crippen molar-refractivity contribution in [3.63, 3.8) is 0 Å². The van der Waals surface area contributed by atoms with E-state index in [0.29, 0.717) is 17.0 Å². The van der Waals surface area contributed by atoms with E-state index in [1.807, 2.05) is 0 Å². The van der Waals surface area contributed by atoms with Gasteiger partial charge in [0.1, 0.15) is 11.5 Å². The van der Waals surface area contributed by atoms with Crippen LogP contribution in [-0.4, -0.2) is 11.0 Å². The molecule has 0 atom stereocenters. The van der Waals surface area contributed by atoms with Crippen LogP contribution in [-0.2, 0) is 0 Å². The summed E-state index contributed by atoms with van der Waals surface area (Å²) in [4.78, 5) is 12.0. The number of hydrogen-bond acceptors (Lipinski definition) is 3. The Balaban J connectivity index is 2.25. The minimum Gasteiger partial charge on any atom is -0.506 e. The molecule has 0 spiro atoms. The number of rotatable bonds is 3. The van der Waals surface area contributed by atoms with E-state index in [1.54, 1.807) is 42.5 Å². The number of halogens is 1. The van der Waals surface area contributed by atoms with Gasteiger partial charge in [-0.1, -0.05) is 24.3 Å². The maximum Gasteiger partial charge on any atom is 0.259 e. The number of amides is 1. The van der Waals surface area contributed by atoms with Crippen molar-refractivity contribution in [3.05, 3.63) is 54.1 Å². The Bertz CT molecular complexity index is 572. The first-order chi connectivity index (χ1) is 8.72. The highest BCUT2D eigenvalue weighted by molar-refractivity contribution is 9.06. The maximum atomic E-state index is 12.0. The molecule has 92 valence electrons. The lowest BCUT2D eigenvalue weighted by Gasteiger charge is -2.09. The van der Waals surface area contributed by atoms with Crippen LogP contribution in [0.1, 0.15) is 10.4 Å². The number of phenolic OH excluding ortho intramolecular Hbond substituents is 1. The number of carbonyl (C=O) groups excluding carboxylic acids is 1. The zero-order valence-electron chi connectivity index (χ0n) is 9.26. The number of hydrogen-bond donors (Lipinski definition) is 2. The lowest BCUT2D eigenvalue weighted by atomic mass is 10.2. The zero-order chi connectivity index (χ0) is 13.0. The number of phenols is 1. The average Bonchev–Trinajstić information content (AvgIpc) is 2.41. The van der Waals surface area contributed by atoms with Crippen LogP contribution in [0.4, 0.5) is 5.69 Å². The van der Waals surface area contributed by atoms with E-state index in [2.05, 4.69) is 21.6 Å². The predicted molar refractivity (Wildman–Crippen MR) is 72.1 cm³/mol. The average molecular weight is 308 g/mol. The summed E-state index contributed by atoms with van der Waals surface area (Å²) < 4.78 is 4.92. The van der Waals surface area contributed by atoms with Crippen LogP contribution in [0.2, 0.25) is 0 Å². The highest BCUT2D eigenvalue weighted by Crippen LogP contribution is 2.25. The molecule has 0 unspecified atom stereocenters. The molecular formula is C13H10BrNO3. The van der Waals surface area contributed by atoms with Crippen LogP contribution in [0.3, 0.4) is 0 Å². The van der Waals surface area contributed by atoms with Crippen LogP contribution in [0.5, 0.6) is 11.5 Å². The minimum atomic E-state index is -0.355. The third-order valence-corrected chi connectivity index (χ3v) is 2.72. The van der Waals surface area contributed by atoms with Crippen molar-refractivity contribution < 1.29 is 13.7 Å². The van der Waals surface area contributed by atoms with Gasteiger partial charge < -0.3 is 14.3 Å². The summed E-state index contributed by atoms with van der Waals surface area (Å²) in [5, 5.41) is 12.2. The van der Waals surface area contributed by atoms with Gasteiger partial charge in [0.05, 0.1) is 11.3 Å². The second kappa shape index (κ2) is 5.55. The molecule has 0 aliphatic carbocycles. The van der Waals surface area contributed by atoms with Gasteiger partial charge in [-0.2, -0.15) is 0 Å². The number of carbonyl (C=O) groups is 1. The smallest absolute Gasteiger partial charge is 0.259 e. The van der Waals surface area contributed by atoms with Crippen molar-refractivity contribution in [1.82, 2.24) is 0 Å². The van der Waals surface area contributed by atoms with Crippen LogP contribution >= 0.6 is 16.3 Å². The van der Waals surface area contributed by atoms with Gasteiger partial charge in [-0.15, -0.1) is 0 Å². The van der Waals surface area contributed by atoms with E-state index in [4.69, 9.17) is 3.83 Å². The molecule has 5 heteroatoms. The standard InChI is InChI=1S/C13H10BrNO3/c14-18-12-8-4-1-5-9(12)13(17)15-10-6-2-3-7-11(10)16/h1-8,16H,(H,15,17). The molecular weight excluding hydrogens is 298 g/mol. The molecule has 2 rings (SSSR count). The Morgan fingerprint density at radius 2 is 1.78 bits per heavy atom. The molecule has 0 fully saturated rings. The van der Waals surface area contributed by atoms with E-state index in [9.17, 15) is 9.90 Å². The normalized spacial score (nSPS) is 9.83. The Labute approximate surface area is 113 Å². The molecule has 0 bridgehead atoms. The van der Waals surface area contributed by atoms with Crippen molar-refractivity contribution in [3.8, 4) is 11.5 Å². The zero-order valence-corrected chi connectivity index (χ0v) is 10.8. The summed E-state index contributed by atoms with van der Waals surface area (Å²) in [5.41, 5.74) is 0.726. The molecule has 0 heterocycles. The van der Waals surface area contributed by atoms with Crippen molar-refractivity contribution in [1.29, 1.82) is 0 Å². The molecule has 2 N–H and O–H groups in total. The van der Waals surface area contributed by atoms with Gasteiger partial charge in [0.25, 0.3) is 5.91 Å². The first-order valence-corrected chi connectivity index (χ1v) is 5.84. The maximum absolute atomic E-state index is 12.0. The van der Waals surface area contributed by atoms with E-state index >= 15 is 0 Å². The topological polar surface area (TPSA) is 58.6 Å². The molecule has 2 aromatic carbocycles. The first kappa shape index (κ1) is 12.4. The highest BCUT2D eigenvalue weighted by Gasteiger charge is 2.13. The largest absolute Gasteiger partial charge is 0.506 e. The second-order valence-corrected chi connectivity index (χ2v) is 3.87. The minimum absolute atomic E-state index is 0.0168. The Kier molecular flexibility index (Phi) is 3.84. The van der Waals surface area contributed by atoms with Crippen molar-refractivity contribution >= 4 is 27.9 Å². The SMILES string of the molecule is O=C(Nc1ccccc1O)c1ccccc1OBr. The van der Waals surface area contributed by atoms with Crippen LogP contribution in [0.25, 0.3) is 0 Å². The van der Waals surface area contributed by atoms with Crippen LogP contribution in [0, 0.1) is 0 Å². The molecule has 0 radical (unpaired) electrons. The van der Waals surface area contributed by atoms with Gasteiger partial charge >= 0.3 is 0 Å². The van der Waals surface area contributed by atoms with E-state index < -0.39 is 0 Å². The molecule has 0 aliphatic rings. The summed E-state index contributed by atoms with van der Waals surface area (Å²) in [6, 6.07) is 13.3. The van der Waals surface area contributed by atoms with Gasteiger partial charge in [0, 0.05) is 0 Å². The molecule has 4 nitrogen and oxygen atoms in total. The Hall–Kier alpha value is -2.01. The van der Waals surface area contributed by atoms with Crippen molar-refractivity contribution in [2.45, 2.75) is 0 Å². The second-order valence-electron chi connectivity index (χ2n) is 3.54. The molecule has 0 saturated heterocycles. The lowest BCUT2D eigenvalue weighted by Crippen LogP contribution is -2.12. The lowest BCUT2D eigenvalue weighted by molar-refractivity contribution is 0.102. The van der Waals surface area contributed by atoms with Gasteiger partial charge in [-0.05, 0) is 24.3 Å². The fraction of sp³-hybridized carbons (Fsp3) is 0. The molecule has 0 saturated carbocycles. The molecule has 0 aromatic heterocycles. The van der Waals surface area contributed by atoms with E-state index in [0.717, 1.165) is 0 Å². The molecule has 1 amide bonds. The van der Waals surface area contributed by atoms with Gasteiger partial charge in [0.15, 0.2) is 16.3 Å². The fourth-order valence-electron chi connectivity index (χ4n) is 1.49.